The highest BCUT2D eigenvalue weighted by atomic mass is 16.5. The van der Waals surface area contributed by atoms with Crippen LogP contribution in [0.2, 0.25) is 0 Å². The predicted octanol–water partition coefficient (Wildman–Crippen LogP) is 3.28. The standard InChI is InChI=1S/C17H20N2O/c1-2-18-13-16-10-11-17(14-19-16)20-12-6-9-15-7-4-3-5-8-15/h3-11,14,18H,2,12-13H2,1H3. The number of benzene rings is 1. The van der Waals surface area contributed by atoms with Gasteiger partial charge in [0.2, 0.25) is 0 Å². The number of rotatable bonds is 7. The smallest absolute Gasteiger partial charge is 0.138 e. The van der Waals surface area contributed by atoms with Crippen molar-refractivity contribution in [1.82, 2.24) is 10.3 Å². The van der Waals surface area contributed by atoms with Crippen LogP contribution in [-0.2, 0) is 6.54 Å². The van der Waals surface area contributed by atoms with E-state index >= 15 is 0 Å². The molecule has 104 valence electrons. The average Bonchev–Trinajstić information content (AvgIpc) is 2.52. The lowest BCUT2D eigenvalue weighted by Gasteiger charge is -2.04. The van der Waals surface area contributed by atoms with E-state index in [-0.39, 0.29) is 0 Å². The van der Waals surface area contributed by atoms with E-state index in [9.17, 15) is 0 Å². The molecule has 3 nitrogen and oxygen atoms in total. The SMILES string of the molecule is CCNCc1ccc(OCC=Cc2ccccc2)cn1. The number of ether oxygens (including phenoxy) is 1. The molecule has 0 saturated carbocycles. The highest BCUT2D eigenvalue weighted by molar-refractivity contribution is 5.48. The minimum Gasteiger partial charge on any atom is -0.488 e. The minimum absolute atomic E-state index is 0.545. The molecule has 0 spiro atoms. The molecule has 0 saturated heterocycles. The highest BCUT2D eigenvalue weighted by Gasteiger charge is 1.95. The molecule has 0 radical (unpaired) electrons. The third-order valence-electron chi connectivity index (χ3n) is 2.81. The second-order valence-electron chi connectivity index (χ2n) is 4.39. The summed E-state index contributed by atoms with van der Waals surface area (Å²) >= 11 is 0. The molecule has 2 rings (SSSR count). The van der Waals surface area contributed by atoms with Crippen LogP contribution in [0.1, 0.15) is 18.2 Å². The summed E-state index contributed by atoms with van der Waals surface area (Å²) in [6.07, 6.45) is 5.82. The molecule has 1 aromatic heterocycles. The van der Waals surface area contributed by atoms with Gasteiger partial charge in [-0.25, -0.2) is 0 Å². The maximum Gasteiger partial charge on any atom is 0.138 e. The molecular weight excluding hydrogens is 248 g/mol. The van der Waals surface area contributed by atoms with Crippen LogP contribution in [0.15, 0.2) is 54.7 Å². The summed E-state index contributed by atoms with van der Waals surface area (Å²) in [6.45, 7) is 4.37. The van der Waals surface area contributed by atoms with E-state index in [1.807, 2.05) is 42.5 Å². The normalized spacial score (nSPS) is 10.8. The van der Waals surface area contributed by atoms with Crippen molar-refractivity contribution in [3.05, 3.63) is 66.0 Å². The maximum absolute atomic E-state index is 5.62. The highest BCUT2D eigenvalue weighted by Crippen LogP contribution is 2.09. The topological polar surface area (TPSA) is 34.1 Å². The summed E-state index contributed by atoms with van der Waals surface area (Å²) < 4.78 is 5.62. The van der Waals surface area contributed by atoms with E-state index in [1.54, 1.807) is 6.20 Å². The van der Waals surface area contributed by atoms with Crippen LogP contribution in [0.3, 0.4) is 0 Å². The molecular formula is C17H20N2O. The van der Waals surface area contributed by atoms with Gasteiger partial charge in [0.25, 0.3) is 0 Å². The van der Waals surface area contributed by atoms with Gasteiger partial charge in [-0.15, -0.1) is 0 Å². The molecule has 3 heteroatoms. The van der Waals surface area contributed by atoms with Crippen molar-refractivity contribution >= 4 is 6.08 Å². The number of pyridine rings is 1. The predicted molar refractivity (Wildman–Crippen MR) is 82.6 cm³/mol. The van der Waals surface area contributed by atoms with E-state index in [4.69, 9.17) is 4.74 Å². The van der Waals surface area contributed by atoms with Crippen molar-refractivity contribution in [3.8, 4) is 5.75 Å². The Kier molecular flexibility index (Phi) is 5.80. The second-order valence-corrected chi connectivity index (χ2v) is 4.39. The Balaban J connectivity index is 1.78. The molecule has 1 heterocycles. The molecule has 2 aromatic rings. The fourth-order valence-electron chi connectivity index (χ4n) is 1.75. The molecule has 0 bridgehead atoms. The van der Waals surface area contributed by atoms with Crippen LogP contribution in [0.4, 0.5) is 0 Å². The molecule has 20 heavy (non-hydrogen) atoms. The Morgan fingerprint density at radius 2 is 2.00 bits per heavy atom. The van der Waals surface area contributed by atoms with E-state index in [0.717, 1.165) is 24.5 Å². The Labute approximate surface area is 120 Å². The summed E-state index contributed by atoms with van der Waals surface area (Å²) in [5.41, 5.74) is 2.20. The van der Waals surface area contributed by atoms with E-state index < -0.39 is 0 Å². The summed E-state index contributed by atoms with van der Waals surface area (Å²) in [6, 6.07) is 14.1. The van der Waals surface area contributed by atoms with Crippen molar-refractivity contribution < 1.29 is 4.74 Å². The molecule has 0 aliphatic rings. The second kappa shape index (κ2) is 8.12. The van der Waals surface area contributed by atoms with Gasteiger partial charge in [0.15, 0.2) is 0 Å². The molecule has 0 atom stereocenters. The molecule has 0 amide bonds. The molecule has 0 unspecified atom stereocenters. The van der Waals surface area contributed by atoms with Crippen LogP contribution in [0, 0.1) is 0 Å². The van der Waals surface area contributed by atoms with E-state index in [1.165, 1.54) is 5.56 Å². The van der Waals surface area contributed by atoms with Crippen molar-refractivity contribution in [2.75, 3.05) is 13.2 Å². The lowest BCUT2D eigenvalue weighted by Crippen LogP contribution is -2.12. The fourth-order valence-corrected chi connectivity index (χ4v) is 1.75. The quantitative estimate of drug-likeness (QED) is 0.836. The molecule has 1 N–H and O–H groups in total. The van der Waals surface area contributed by atoms with Crippen molar-refractivity contribution in [3.63, 3.8) is 0 Å². The van der Waals surface area contributed by atoms with Crippen molar-refractivity contribution in [2.24, 2.45) is 0 Å². The Morgan fingerprint density at radius 1 is 1.15 bits per heavy atom. The lowest BCUT2D eigenvalue weighted by molar-refractivity contribution is 0.361. The Hall–Kier alpha value is -2.13. The van der Waals surface area contributed by atoms with Crippen molar-refractivity contribution in [2.45, 2.75) is 13.5 Å². The van der Waals surface area contributed by atoms with Gasteiger partial charge >= 0.3 is 0 Å². The molecule has 0 fully saturated rings. The van der Waals surface area contributed by atoms with Gasteiger partial charge in [0, 0.05) is 6.54 Å². The van der Waals surface area contributed by atoms with Crippen LogP contribution in [0.25, 0.3) is 6.08 Å². The molecule has 0 aliphatic carbocycles. The number of nitrogens with one attached hydrogen (secondary N) is 1. The van der Waals surface area contributed by atoms with Crippen LogP contribution in [-0.4, -0.2) is 18.1 Å². The van der Waals surface area contributed by atoms with Gasteiger partial charge in [-0.2, -0.15) is 0 Å². The first-order valence-electron chi connectivity index (χ1n) is 6.88. The number of nitrogens with zero attached hydrogens (tertiary/aromatic N) is 1. The average molecular weight is 268 g/mol. The zero-order valence-corrected chi connectivity index (χ0v) is 11.8. The summed E-state index contributed by atoms with van der Waals surface area (Å²) in [7, 11) is 0. The largest absolute Gasteiger partial charge is 0.488 e. The number of hydrogen-bond donors (Lipinski definition) is 1. The van der Waals surface area contributed by atoms with E-state index in [0.29, 0.717) is 6.61 Å². The summed E-state index contributed by atoms with van der Waals surface area (Å²) in [5, 5.41) is 3.24. The van der Waals surface area contributed by atoms with Gasteiger partial charge in [0.05, 0.1) is 11.9 Å². The molecule has 1 aromatic carbocycles. The van der Waals surface area contributed by atoms with Crippen LogP contribution < -0.4 is 10.1 Å². The minimum atomic E-state index is 0.545. The van der Waals surface area contributed by atoms with Gasteiger partial charge in [-0.05, 0) is 30.3 Å². The van der Waals surface area contributed by atoms with Crippen molar-refractivity contribution in [1.29, 1.82) is 0 Å². The van der Waals surface area contributed by atoms with Gasteiger partial charge < -0.3 is 10.1 Å². The third-order valence-corrected chi connectivity index (χ3v) is 2.81. The van der Waals surface area contributed by atoms with Gasteiger partial charge in [-0.1, -0.05) is 43.3 Å². The Morgan fingerprint density at radius 3 is 2.70 bits per heavy atom. The van der Waals surface area contributed by atoms with E-state index in [2.05, 4.69) is 29.4 Å². The van der Waals surface area contributed by atoms with Crippen LogP contribution >= 0.6 is 0 Å². The molecule has 0 aliphatic heterocycles. The first kappa shape index (κ1) is 14.3. The fraction of sp³-hybridized carbons (Fsp3) is 0.235. The monoisotopic (exact) mass is 268 g/mol. The number of aromatic nitrogens is 1. The third kappa shape index (κ3) is 4.86. The Bertz CT molecular complexity index is 520. The number of hydrogen-bond acceptors (Lipinski definition) is 3. The summed E-state index contributed by atoms with van der Waals surface area (Å²) in [5.74, 6) is 0.794. The maximum atomic E-state index is 5.62. The van der Waals surface area contributed by atoms with Gasteiger partial charge in [0.1, 0.15) is 12.4 Å². The lowest BCUT2D eigenvalue weighted by atomic mass is 10.2. The summed E-state index contributed by atoms with van der Waals surface area (Å²) in [4.78, 5) is 4.34. The van der Waals surface area contributed by atoms with Gasteiger partial charge in [-0.3, -0.25) is 4.98 Å². The first-order chi connectivity index (χ1) is 9.88. The van der Waals surface area contributed by atoms with Crippen LogP contribution in [0.5, 0.6) is 5.75 Å². The first-order valence-corrected chi connectivity index (χ1v) is 6.88. The zero-order chi connectivity index (χ0) is 14.0. The zero-order valence-electron chi connectivity index (χ0n) is 11.8.